The van der Waals surface area contributed by atoms with E-state index in [1.54, 1.807) is 6.92 Å². The number of urea groups is 1. The molecular weight excluding hydrogens is 390 g/mol. The number of nitrogens with zero attached hydrogens (tertiary/aromatic N) is 3. The van der Waals surface area contributed by atoms with Crippen molar-refractivity contribution in [3.05, 3.63) is 35.9 Å². The molecule has 0 aliphatic carbocycles. The van der Waals surface area contributed by atoms with Gasteiger partial charge in [0.1, 0.15) is 0 Å². The summed E-state index contributed by atoms with van der Waals surface area (Å²) in [5.41, 5.74) is 0.830. The molecule has 1 aromatic carbocycles. The van der Waals surface area contributed by atoms with E-state index in [1.807, 2.05) is 30.3 Å². The van der Waals surface area contributed by atoms with Crippen LogP contribution < -0.4 is 15.5 Å². The van der Waals surface area contributed by atoms with Crippen molar-refractivity contribution in [2.24, 2.45) is 5.92 Å². The minimum atomic E-state index is -0.495. The van der Waals surface area contributed by atoms with Crippen LogP contribution in [0, 0.1) is 5.92 Å². The molecule has 8 nitrogen and oxygen atoms in total. The van der Waals surface area contributed by atoms with Gasteiger partial charge in [0.05, 0.1) is 19.1 Å². The highest BCUT2D eigenvalue weighted by atomic mass is 32.1. The van der Waals surface area contributed by atoms with E-state index in [4.69, 9.17) is 4.74 Å². The van der Waals surface area contributed by atoms with Crippen LogP contribution in [0.5, 0.6) is 0 Å². The fraction of sp³-hybridized carbons (Fsp3) is 0.500. The maximum atomic E-state index is 12.5. The number of hydrogen-bond donors (Lipinski definition) is 2. The molecule has 2 heterocycles. The van der Waals surface area contributed by atoms with Crippen LogP contribution in [-0.2, 0) is 9.53 Å². The van der Waals surface area contributed by atoms with Crippen molar-refractivity contribution in [2.45, 2.75) is 39.2 Å². The Labute approximate surface area is 174 Å². The molecule has 29 heavy (non-hydrogen) atoms. The first-order chi connectivity index (χ1) is 14.0. The molecule has 9 heteroatoms. The van der Waals surface area contributed by atoms with Gasteiger partial charge < -0.3 is 15.0 Å². The molecule has 156 valence electrons. The maximum Gasteiger partial charge on any atom is 0.321 e. The third kappa shape index (κ3) is 6.15. The zero-order chi connectivity index (χ0) is 20.6. The molecule has 0 saturated carbocycles. The van der Waals surface area contributed by atoms with Gasteiger partial charge in [0, 0.05) is 13.1 Å². The molecule has 2 amide bonds. The van der Waals surface area contributed by atoms with Crippen LogP contribution in [0.2, 0.25) is 0 Å². The minimum absolute atomic E-state index is 0.0539. The van der Waals surface area contributed by atoms with Crippen molar-refractivity contribution in [3.8, 4) is 0 Å². The van der Waals surface area contributed by atoms with E-state index >= 15 is 0 Å². The molecule has 3 rings (SSSR count). The Balaban J connectivity index is 1.62. The number of carbonyl (C=O) groups is 2. The van der Waals surface area contributed by atoms with Gasteiger partial charge in [0.2, 0.25) is 10.3 Å². The normalized spacial score (nSPS) is 17.4. The number of piperidine rings is 1. The predicted octanol–water partition coefficient (Wildman–Crippen LogP) is 3.59. The molecule has 2 N–H and O–H groups in total. The third-order valence-corrected chi connectivity index (χ3v) is 5.65. The number of benzene rings is 1. The van der Waals surface area contributed by atoms with Crippen molar-refractivity contribution in [1.29, 1.82) is 0 Å². The van der Waals surface area contributed by atoms with Gasteiger partial charge in [-0.3, -0.25) is 10.1 Å². The number of hydrogen-bond acceptors (Lipinski definition) is 7. The first-order valence-corrected chi connectivity index (χ1v) is 10.7. The van der Waals surface area contributed by atoms with Gasteiger partial charge in [-0.15, -0.1) is 10.2 Å². The molecule has 0 bridgehead atoms. The van der Waals surface area contributed by atoms with E-state index in [0.29, 0.717) is 17.7 Å². The average molecular weight is 418 g/mol. The summed E-state index contributed by atoms with van der Waals surface area (Å²) >= 11 is 1.35. The van der Waals surface area contributed by atoms with E-state index in [2.05, 4.69) is 32.7 Å². The lowest BCUT2D eigenvalue weighted by Crippen LogP contribution is -2.34. The molecule has 0 unspecified atom stereocenters. The van der Waals surface area contributed by atoms with Gasteiger partial charge in [0.15, 0.2) is 0 Å². The summed E-state index contributed by atoms with van der Waals surface area (Å²) in [4.78, 5) is 26.7. The molecule has 2 aromatic rings. The molecule has 1 saturated heterocycles. The van der Waals surface area contributed by atoms with Crippen LogP contribution >= 0.6 is 11.3 Å². The summed E-state index contributed by atoms with van der Waals surface area (Å²) in [7, 11) is 0. The Morgan fingerprint density at radius 3 is 2.83 bits per heavy atom. The van der Waals surface area contributed by atoms with Gasteiger partial charge >= 0.3 is 12.0 Å². The van der Waals surface area contributed by atoms with Gasteiger partial charge in [0.25, 0.3) is 0 Å². The summed E-state index contributed by atoms with van der Waals surface area (Å²) in [6.45, 7) is 6.20. The monoisotopic (exact) mass is 417 g/mol. The van der Waals surface area contributed by atoms with E-state index in [-0.39, 0.29) is 12.4 Å². The highest BCUT2D eigenvalue weighted by Gasteiger charge is 2.22. The molecule has 1 aliphatic rings. The fourth-order valence-electron chi connectivity index (χ4n) is 3.37. The summed E-state index contributed by atoms with van der Waals surface area (Å²) in [5.74, 6) is 0.265. The standard InChI is InChI=1S/C20H27N5O3S/c1-3-28-17(26)12-16(15-9-5-4-6-10-15)21-18(27)22-19-23-24-20(29-19)25-11-7-8-14(2)13-25/h4-6,9-10,14,16H,3,7-8,11-13H2,1-2H3,(H2,21,22,23,27)/t14-,16+/m0/s1. The van der Waals surface area contributed by atoms with Crippen molar-refractivity contribution in [2.75, 3.05) is 29.9 Å². The van der Waals surface area contributed by atoms with Crippen LogP contribution in [0.1, 0.15) is 44.7 Å². The highest BCUT2D eigenvalue weighted by Crippen LogP contribution is 2.28. The number of carbonyl (C=O) groups excluding carboxylic acids is 2. The molecular formula is C20H27N5O3S. The van der Waals surface area contributed by atoms with Crippen LogP contribution in [0.3, 0.4) is 0 Å². The molecule has 2 atom stereocenters. The quantitative estimate of drug-likeness (QED) is 0.669. The highest BCUT2D eigenvalue weighted by molar-refractivity contribution is 7.19. The number of esters is 1. The average Bonchev–Trinajstić information content (AvgIpc) is 3.17. The number of amides is 2. The van der Waals surface area contributed by atoms with E-state index < -0.39 is 12.1 Å². The van der Waals surface area contributed by atoms with Gasteiger partial charge in [-0.25, -0.2) is 4.79 Å². The summed E-state index contributed by atoms with van der Waals surface area (Å²) < 4.78 is 5.04. The second-order valence-electron chi connectivity index (χ2n) is 7.15. The number of nitrogens with one attached hydrogen (secondary N) is 2. The number of anilines is 2. The van der Waals surface area contributed by atoms with Crippen LogP contribution in [-0.4, -0.2) is 41.9 Å². The van der Waals surface area contributed by atoms with Crippen molar-refractivity contribution in [1.82, 2.24) is 15.5 Å². The first-order valence-electron chi connectivity index (χ1n) is 9.91. The van der Waals surface area contributed by atoms with E-state index in [1.165, 1.54) is 17.8 Å². The van der Waals surface area contributed by atoms with Crippen molar-refractivity contribution < 1.29 is 14.3 Å². The zero-order valence-corrected chi connectivity index (χ0v) is 17.6. The lowest BCUT2D eigenvalue weighted by molar-refractivity contribution is -0.143. The number of rotatable bonds is 7. The summed E-state index contributed by atoms with van der Waals surface area (Å²) in [6, 6.07) is 8.42. The minimum Gasteiger partial charge on any atom is -0.466 e. The topological polar surface area (TPSA) is 96.4 Å². The first kappa shape index (κ1) is 21.0. The Hall–Kier alpha value is -2.68. The molecule has 1 aliphatic heterocycles. The van der Waals surface area contributed by atoms with Gasteiger partial charge in [-0.1, -0.05) is 48.6 Å². The largest absolute Gasteiger partial charge is 0.466 e. The Morgan fingerprint density at radius 2 is 2.10 bits per heavy atom. The molecule has 1 aromatic heterocycles. The smallest absolute Gasteiger partial charge is 0.321 e. The lowest BCUT2D eigenvalue weighted by Gasteiger charge is -2.29. The van der Waals surface area contributed by atoms with E-state index in [0.717, 1.165) is 30.2 Å². The van der Waals surface area contributed by atoms with Gasteiger partial charge in [-0.05, 0) is 31.2 Å². The van der Waals surface area contributed by atoms with Gasteiger partial charge in [-0.2, -0.15) is 0 Å². The van der Waals surface area contributed by atoms with Crippen LogP contribution in [0.4, 0.5) is 15.1 Å². The van der Waals surface area contributed by atoms with E-state index in [9.17, 15) is 9.59 Å². The second kappa shape index (κ2) is 10.2. The zero-order valence-electron chi connectivity index (χ0n) is 16.8. The number of ether oxygens (including phenoxy) is 1. The fourth-order valence-corrected chi connectivity index (χ4v) is 4.15. The Kier molecular flexibility index (Phi) is 7.40. The third-order valence-electron chi connectivity index (χ3n) is 4.75. The van der Waals surface area contributed by atoms with Crippen LogP contribution in [0.15, 0.2) is 30.3 Å². The van der Waals surface area contributed by atoms with Crippen LogP contribution in [0.25, 0.3) is 0 Å². The summed E-state index contributed by atoms with van der Waals surface area (Å²) in [5, 5.41) is 15.1. The van der Waals surface area contributed by atoms with Crippen molar-refractivity contribution >= 4 is 33.6 Å². The second-order valence-corrected chi connectivity index (χ2v) is 8.11. The Morgan fingerprint density at radius 1 is 1.31 bits per heavy atom. The molecule has 0 spiro atoms. The SMILES string of the molecule is CCOC(=O)C[C@@H](NC(=O)Nc1nnc(N2CCC[C@H](C)C2)s1)c1ccccc1. The Bertz CT molecular complexity index is 813. The number of aromatic nitrogens is 2. The lowest BCUT2D eigenvalue weighted by atomic mass is 10.0. The maximum absolute atomic E-state index is 12.5. The summed E-state index contributed by atoms with van der Waals surface area (Å²) in [6.07, 6.45) is 2.42. The molecule has 0 radical (unpaired) electrons. The predicted molar refractivity (Wildman–Crippen MR) is 113 cm³/mol. The van der Waals surface area contributed by atoms with Crippen molar-refractivity contribution in [3.63, 3.8) is 0 Å². The molecule has 1 fully saturated rings.